The van der Waals surface area contributed by atoms with Gasteiger partial charge in [0.2, 0.25) is 0 Å². The molecule has 1 N–H and O–H groups in total. The van der Waals surface area contributed by atoms with Crippen molar-refractivity contribution in [2.75, 3.05) is 0 Å². The third kappa shape index (κ3) is 4.30. The van der Waals surface area contributed by atoms with Crippen LogP contribution in [-0.4, -0.2) is 17.2 Å². The summed E-state index contributed by atoms with van der Waals surface area (Å²) in [5.41, 5.74) is 1.92. The van der Waals surface area contributed by atoms with Gasteiger partial charge in [-0.25, -0.2) is 4.39 Å². The lowest BCUT2D eigenvalue weighted by Gasteiger charge is -2.08. The van der Waals surface area contributed by atoms with Crippen LogP contribution in [0.25, 0.3) is 0 Å². The molecule has 2 aliphatic carbocycles. The number of phenolic OH excluding ortho intramolecular Hbond substituents is 1. The van der Waals surface area contributed by atoms with Crippen LogP contribution in [-0.2, 0) is 0 Å². The number of hydrogen-bond acceptors (Lipinski definition) is 3. The second-order valence-corrected chi connectivity index (χ2v) is 6.06. The number of phenols is 1. The minimum Gasteiger partial charge on any atom is -0.504 e. The summed E-state index contributed by atoms with van der Waals surface area (Å²) < 4.78 is 13.8. The van der Waals surface area contributed by atoms with Crippen LogP contribution in [0.5, 0.6) is 5.75 Å². The number of allylic oxidation sites excluding steroid dienone is 16. The zero-order chi connectivity index (χ0) is 19.9. The number of aldehydes is 1. The lowest BCUT2D eigenvalue weighted by atomic mass is 9.96. The van der Waals surface area contributed by atoms with Gasteiger partial charge in [-0.3, -0.25) is 9.59 Å². The standard InChI is InChI=1S/C24H17FO3/c25-22-15-20(14-21(16-26)24(22)28)23(27)19-11-7-6-10-18(12-13-19)17-8-4-2-1-3-5-9-17/h1-16,28H/b2-1-,3-1?,4-2?,5-3-,7-6?,8-4-,9-5?,10-6-,11-7-,13-12?,17-8?,17-9+,18-10?,18-12+,19-11?,19-13+. The molecule has 138 valence electrons. The zero-order valence-corrected chi connectivity index (χ0v) is 14.9. The summed E-state index contributed by atoms with van der Waals surface area (Å²) in [7, 11) is 0. The molecule has 0 saturated carbocycles. The van der Waals surface area contributed by atoms with Gasteiger partial charge in [-0.05, 0) is 23.3 Å². The van der Waals surface area contributed by atoms with E-state index in [9.17, 15) is 19.1 Å². The lowest BCUT2D eigenvalue weighted by Crippen LogP contribution is -2.04. The van der Waals surface area contributed by atoms with Crippen LogP contribution < -0.4 is 0 Å². The number of Topliss-reactive ketones (excluding diaryl/α,β-unsaturated/α-hetero) is 1. The molecule has 0 radical (unpaired) electrons. The first kappa shape index (κ1) is 19.0. The Morgan fingerprint density at radius 1 is 0.821 bits per heavy atom. The molecule has 0 atom stereocenters. The molecule has 0 bridgehead atoms. The number of halogens is 1. The number of rotatable bonds is 4. The van der Waals surface area contributed by atoms with Gasteiger partial charge in [-0.2, -0.15) is 0 Å². The zero-order valence-electron chi connectivity index (χ0n) is 14.9. The van der Waals surface area contributed by atoms with E-state index in [4.69, 9.17) is 0 Å². The van der Waals surface area contributed by atoms with E-state index in [-0.39, 0.29) is 11.1 Å². The smallest absolute Gasteiger partial charge is 0.193 e. The van der Waals surface area contributed by atoms with E-state index in [0.29, 0.717) is 11.9 Å². The molecule has 3 rings (SSSR count). The Morgan fingerprint density at radius 2 is 1.46 bits per heavy atom. The summed E-state index contributed by atoms with van der Waals surface area (Å²) in [6.45, 7) is 0. The maximum atomic E-state index is 13.8. The first-order valence-electron chi connectivity index (χ1n) is 8.61. The minimum atomic E-state index is -1.01. The van der Waals surface area contributed by atoms with Crippen molar-refractivity contribution >= 4 is 12.1 Å². The SMILES string of the molecule is O=Cc1cc(C(=O)C2=C/C=C(C3=C/C=C\C=C/C=C\3)\C=C/C=C\2)cc(F)c1O. The Morgan fingerprint density at radius 3 is 2.25 bits per heavy atom. The Labute approximate surface area is 162 Å². The molecule has 28 heavy (non-hydrogen) atoms. The van der Waals surface area contributed by atoms with Crippen molar-refractivity contribution in [1.29, 1.82) is 0 Å². The number of ketones is 1. The normalized spacial score (nSPS) is 27.0. The van der Waals surface area contributed by atoms with Crippen LogP contribution >= 0.6 is 0 Å². The van der Waals surface area contributed by atoms with Gasteiger partial charge < -0.3 is 5.11 Å². The molecule has 0 aliphatic heterocycles. The molecule has 1 aromatic carbocycles. The van der Waals surface area contributed by atoms with Gasteiger partial charge in [0, 0.05) is 11.1 Å². The second kappa shape index (κ2) is 8.73. The lowest BCUT2D eigenvalue weighted by molar-refractivity contribution is 0.103. The molecule has 0 saturated heterocycles. The molecule has 3 nitrogen and oxygen atoms in total. The molecule has 1 aromatic rings. The summed E-state index contributed by atoms with van der Waals surface area (Å²) in [5, 5.41) is 9.53. The molecule has 0 aromatic heterocycles. The Bertz CT molecular complexity index is 1060. The minimum absolute atomic E-state index is 0.00839. The van der Waals surface area contributed by atoms with Crippen molar-refractivity contribution in [3.05, 3.63) is 125 Å². The summed E-state index contributed by atoms with van der Waals surface area (Å²) in [5.74, 6) is -2.22. The second-order valence-electron chi connectivity index (χ2n) is 6.06. The van der Waals surface area contributed by atoms with Crippen LogP contribution in [0, 0.1) is 5.82 Å². The van der Waals surface area contributed by atoms with E-state index in [2.05, 4.69) is 0 Å². The molecular formula is C24H17FO3. The largest absolute Gasteiger partial charge is 0.504 e. The summed E-state index contributed by atoms with van der Waals surface area (Å²) in [4.78, 5) is 23.8. The van der Waals surface area contributed by atoms with Gasteiger partial charge in [0.05, 0.1) is 5.56 Å². The van der Waals surface area contributed by atoms with E-state index in [1.54, 1.807) is 24.3 Å². The van der Waals surface area contributed by atoms with Crippen molar-refractivity contribution < 1.29 is 19.1 Å². The van der Waals surface area contributed by atoms with Crippen LogP contribution in [0.2, 0.25) is 0 Å². The summed E-state index contributed by atoms with van der Waals surface area (Å²) >= 11 is 0. The molecule has 0 fully saturated rings. The Hall–Kier alpha value is -3.79. The highest BCUT2D eigenvalue weighted by Crippen LogP contribution is 2.24. The quantitative estimate of drug-likeness (QED) is 0.590. The van der Waals surface area contributed by atoms with Crippen LogP contribution in [0.1, 0.15) is 20.7 Å². The van der Waals surface area contributed by atoms with Crippen LogP contribution in [0.15, 0.2) is 108 Å². The Balaban J connectivity index is 1.97. The number of benzene rings is 1. The molecule has 0 spiro atoms. The molecule has 2 aliphatic rings. The predicted octanol–water partition coefficient (Wildman–Crippen LogP) is 5.11. The van der Waals surface area contributed by atoms with E-state index < -0.39 is 17.3 Å². The number of aromatic hydroxyl groups is 1. The average molecular weight is 372 g/mol. The maximum Gasteiger partial charge on any atom is 0.193 e. The molecule has 4 heteroatoms. The van der Waals surface area contributed by atoms with Crippen LogP contribution in [0.4, 0.5) is 4.39 Å². The van der Waals surface area contributed by atoms with Crippen molar-refractivity contribution in [2.24, 2.45) is 0 Å². The van der Waals surface area contributed by atoms with Crippen molar-refractivity contribution in [3.63, 3.8) is 0 Å². The third-order valence-corrected chi connectivity index (χ3v) is 4.18. The van der Waals surface area contributed by atoms with Gasteiger partial charge >= 0.3 is 0 Å². The van der Waals surface area contributed by atoms with Crippen molar-refractivity contribution in [3.8, 4) is 5.75 Å². The fraction of sp³-hybridized carbons (Fsp3) is 0. The van der Waals surface area contributed by atoms with E-state index >= 15 is 0 Å². The third-order valence-electron chi connectivity index (χ3n) is 4.18. The summed E-state index contributed by atoms with van der Waals surface area (Å²) in [6.07, 6.45) is 24.4. The molecule has 0 amide bonds. The first-order valence-corrected chi connectivity index (χ1v) is 8.61. The molecule has 0 heterocycles. The van der Waals surface area contributed by atoms with Crippen LogP contribution in [0.3, 0.4) is 0 Å². The van der Waals surface area contributed by atoms with Gasteiger partial charge in [-0.15, -0.1) is 0 Å². The highest BCUT2D eigenvalue weighted by molar-refractivity contribution is 6.11. The van der Waals surface area contributed by atoms with E-state index in [1.807, 2.05) is 54.7 Å². The molecule has 0 unspecified atom stereocenters. The summed E-state index contributed by atoms with van der Waals surface area (Å²) in [6, 6.07) is 2.11. The Kier molecular flexibility index (Phi) is 5.92. The van der Waals surface area contributed by atoms with Gasteiger partial charge in [-0.1, -0.05) is 79.0 Å². The number of carbonyl (C=O) groups is 2. The maximum absolute atomic E-state index is 13.8. The first-order chi connectivity index (χ1) is 13.6. The predicted molar refractivity (Wildman–Crippen MR) is 108 cm³/mol. The van der Waals surface area contributed by atoms with Crippen molar-refractivity contribution in [2.45, 2.75) is 0 Å². The van der Waals surface area contributed by atoms with Gasteiger partial charge in [0.1, 0.15) is 0 Å². The topological polar surface area (TPSA) is 54.4 Å². The highest BCUT2D eigenvalue weighted by Gasteiger charge is 2.16. The van der Waals surface area contributed by atoms with Gasteiger partial charge in [0.15, 0.2) is 23.6 Å². The highest BCUT2D eigenvalue weighted by atomic mass is 19.1. The molecular weight excluding hydrogens is 355 g/mol. The fourth-order valence-corrected chi connectivity index (χ4v) is 2.72. The number of hydrogen-bond donors (Lipinski definition) is 1. The fourth-order valence-electron chi connectivity index (χ4n) is 2.72. The average Bonchev–Trinajstić information content (AvgIpc) is 2.64. The van der Waals surface area contributed by atoms with E-state index in [0.717, 1.165) is 17.2 Å². The monoisotopic (exact) mass is 372 g/mol. The van der Waals surface area contributed by atoms with E-state index in [1.165, 1.54) is 6.07 Å². The van der Waals surface area contributed by atoms with Gasteiger partial charge in [0.25, 0.3) is 0 Å². The number of carbonyl (C=O) groups excluding carboxylic acids is 2. The van der Waals surface area contributed by atoms with Crippen molar-refractivity contribution in [1.82, 2.24) is 0 Å².